The standard InChI is InChI=1S/C25H28N4O5S/c30-25(10-7-20-18-26-29(19-20)21-5-2-1-3-6-21)27-11-13-28(14-12-27)35(31,32)22-8-9-23-24(17-22)34-16-4-15-33-23/h1-3,5-6,8-9,17-19H,4,7,10-16H2. The summed E-state index contributed by atoms with van der Waals surface area (Å²) in [5, 5.41) is 4.38. The highest BCUT2D eigenvalue weighted by Crippen LogP contribution is 2.33. The number of carbonyl (C=O) groups is 1. The fraction of sp³-hybridized carbons (Fsp3) is 0.360. The van der Waals surface area contributed by atoms with E-state index in [9.17, 15) is 13.2 Å². The van der Waals surface area contributed by atoms with Crippen molar-refractivity contribution in [3.8, 4) is 17.2 Å². The molecule has 1 amide bonds. The molecular formula is C25H28N4O5S. The summed E-state index contributed by atoms with van der Waals surface area (Å²) >= 11 is 0. The molecule has 0 aliphatic carbocycles. The van der Waals surface area contributed by atoms with Crippen molar-refractivity contribution in [1.29, 1.82) is 0 Å². The molecule has 0 spiro atoms. The van der Waals surface area contributed by atoms with Crippen molar-refractivity contribution in [2.75, 3.05) is 39.4 Å². The second-order valence-electron chi connectivity index (χ2n) is 8.57. The topological polar surface area (TPSA) is 94.0 Å². The van der Waals surface area contributed by atoms with Crippen LogP contribution in [0.5, 0.6) is 11.5 Å². The number of amides is 1. The predicted molar refractivity (Wildman–Crippen MR) is 129 cm³/mol. The molecule has 1 saturated heterocycles. The van der Waals surface area contributed by atoms with Crippen molar-refractivity contribution in [3.63, 3.8) is 0 Å². The highest BCUT2D eigenvalue weighted by molar-refractivity contribution is 7.89. The van der Waals surface area contributed by atoms with E-state index in [2.05, 4.69) is 5.10 Å². The van der Waals surface area contributed by atoms with Gasteiger partial charge in [-0.1, -0.05) is 18.2 Å². The second kappa shape index (κ2) is 10.1. The summed E-state index contributed by atoms with van der Waals surface area (Å²) in [4.78, 5) is 14.7. The molecule has 9 nitrogen and oxygen atoms in total. The molecule has 0 N–H and O–H groups in total. The van der Waals surface area contributed by atoms with Gasteiger partial charge in [-0.05, 0) is 36.2 Å². The molecule has 0 saturated carbocycles. The van der Waals surface area contributed by atoms with Gasteiger partial charge in [0.05, 0.1) is 30.0 Å². The van der Waals surface area contributed by atoms with Gasteiger partial charge in [0, 0.05) is 51.3 Å². The molecule has 2 aromatic carbocycles. The number of hydrogen-bond acceptors (Lipinski definition) is 6. The van der Waals surface area contributed by atoms with Crippen LogP contribution in [0.4, 0.5) is 0 Å². The molecule has 0 atom stereocenters. The lowest BCUT2D eigenvalue weighted by atomic mass is 10.2. The fourth-order valence-electron chi connectivity index (χ4n) is 4.25. The summed E-state index contributed by atoms with van der Waals surface area (Å²) in [5.74, 6) is 1.03. The van der Waals surface area contributed by atoms with Gasteiger partial charge in [-0.2, -0.15) is 9.40 Å². The van der Waals surface area contributed by atoms with Crippen LogP contribution >= 0.6 is 0 Å². The van der Waals surface area contributed by atoms with Gasteiger partial charge in [-0.3, -0.25) is 4.79 Å². The quantitative estimate of drug-likeness (QED) is 0.521. The lowest BCUT2D eigenvalue weighted by molar-refractivity contribution is -0.132. The van der Waals surface area contributed by atoms with Gasteiger partial charge in [-0.15, -0.1) is 0 Å². The lowest BCUT2D eigenvalue weighted by Crippen LogP contribution is -2.50. The molecule has 1 fully saturated rings. The van der Waals surface area contributed by atoms with Crippen LogP contribution in [0.25, 0.3) is 5.69 Å². The third kappa shape index (κ3) is 5.18. The molecule has 1 aromatic heterocycles. The first-order valence-electron chi connectivity index (χ1n) is 11.8. The molecule has 0 radical (unpaired) electrons. The van der Waals surface area contributed by atoms with E-state index in [1.54, 1.807) is 27.9 Å². The third-order valence-electron chi connectivity index (χ3n) is 6.23. The predicted octanol–water partition coefficient (Wildman–Crippen LogP) is 2.50. The zero-order valence-electron chi connectivity index (χ0n) is 19.4. The van der Waals surface area contributed by atoms with Crippen LogP contribution in [0.1, 0.15) is 18.4 Å². The summed E-state index contributed by atoms with van der Waals surface area (Å²) < 4.78 is 40.8. The molecule has 10 heteroatoms. The monoisotopic (exact) mass is 496 g/mol. The van der Waals surface area contributed by atoms with E-state index in [1.165, 1.54) is 10.4 Å². The van der Waals surface area contributed by atoms with E-state index in [-0.39, 0.29) is 23.9 Å². The van der Waals surface area contributed by atoms with Gasteiger partial charge in [0.1, 0.15) is 0 Å². The summed E-state index contributed by atoms with van der Waals surface area (Å²) in [6, 6.07) is 14.5. The average Bonchev–Trinajstić information content (AvgIpc) is 3.25. The summed E-state index contributed by atoms with van der Waals surface area (Å²) in [5.41, 5.74) is 1.95. The Morgan fingerprint density at radius 2 is 1.69 bits per heavy atom. The number of hydrogen-bond donors (Lipinski definition) is 0. The minimum absolute atomic E-state index is 0.0186. The maximum Gasteiger partial charge on any atom is 0.243 e. The van der Waals surface area contributed by atoms with Crippen LogP contribution in [0.3, 0.4) is 0 Å². The normalized spacial score (nSPS) is 16.6. The van der Waals surface area contributed by atoms with Gasteiger partial charge in [0.25, 0.3) is 0 Å². The van der Waals surface area contributed by atoms with Crippen molar-refractivity contribution in [3.05, 3.63) is 66.5 Å². The summed E-state index contributed by atoms with van der Waals surface area (Å²) in [6.07, 6.45) is 5.40. The first kappa shape index (κ1) is 23.4. The minimum Gasteiger partial charge on any atom is -0.490 e. The summed E-state index contributed by atoms with van der Waals surface area (Å²) in [6.45, 7) is 2.29. The SMILES string of the molecule is O=C(CCc1cnn(-c2ccccc2)c1)N1CCN(S(=O)(=O)c2ccc3c(c2)OCCCO3)CC1. The van der Waals surface area contributed by atoms with E-state index in [1.807, 2.05) is 36.5 Å². The number of fused-ring (bicyclic) bond motifs is 1. The van der Waals surface area contributed by atoms with E-state index >= 15 is 0 Å². The van der Waals surface area contributed by atoms with Crippen LogP contribution in [0.15, 0.2) is 65.8 Å². The highest BCUT2D eigenvalue weighted by atomic mass is 32.2. The van der Waals surface area contributed by atoms with Gasteiger partial charge in [0.2, 0.25) is 15.9 Å². The molecule has 0 bridgehead atoms. The van der Waals surface area contributed by atoms with Crippen molar-refractivity contribution < 1.29 is 22.7 Å². The van der Waals surface area contributed by atoms with E-state index in [4.69, 9.17) is 9.47 Å². The van der Waals surface area contributed by atoms with Gasteiger partial charge in [-0.25, -0.2) is 13.1 Å². The van der Waals surface area contributed by atoms with E-state index in [0.717, 1.165) is 17.7 Å². The molecule has 5 rings (SSSR count). The molecule has 184 valence electrons. The summed E-state index contributed by atoms with van der Waals surface area (Å²) in [7, 11) is -3.69. The van der Waals surface area contributed by atoms with Crippen molar-refractivity contribution in [2.24, 2.45) is 0 Å². The van der Waals surface area contributed by atoms with Crippen molar-refractivity contribution in [1.82, 2.24) is 19.0 Å². The average molecular weight is 497 g/mol. The van der Waals surface area contributed by atoms with Crippen molar-refractivity contribution in [2.45, 2.75) is 24.2 Å². The Bertz CT molecular complexity index is 1280. The number of aryl methyl sites for hydroxylation is 1. The zero-order chi connectivity index (χ0) is 24.3. The molecule has 3 aromatic rings. The number of para-hydroxylation sites is 1. The number of piperazine rings is 1. The Hall–Kier alpha value is -3.37. The maximum atomic E-state index is 13.2. The molecule has 2 aliphatic heterocycles. The number of carbonyl (C=O) groups excluding carboxylic acids is 1. The number of aromatic nitrogens is 2. The number of ether oxygens (including phenoxy) is 2. The smallest absolute Gasteiger partial charge is 0.243 e. The number of sulfonamides is 1. The van der Waals surface area contributed by atoms with E-state index < -0.39 is 10.0 Å². The molecular weight excluding hydrogens is 468 g/mol. The van der Waals surface area contributed by atoms with Crippen LogP contribution < -0.4 is 9.47 Å². The molecule has 35 heavy (non-hydrogen) atoms. The van der Waals surface area contributed by atoms with Crippen LogP contribution in [-0.4, -0.2) is 72.7 Å². The Labute approximate surface area is 204 Å². The van der Waals surface area contributed by atoms with Gasteiger partial charge in [0.15, 0.2) is 11.5 Å². The fourth-order valence-corrected chi connectivity index (χ4v) is 5.69. The highest BCUT2D eigenvalue weighted by Gasteiger charge is 2.31. The number of benzene rings is 2. The molecule has 3 heterocycles. The third-order valence-corrected chi connectivity index (χ3v) is 8.13. The molecule has 0 unspecified atom stereocenters. The van der Waals surface area contributed by atoms with E-state index in [0.29, 0.717) is 50.6 Å². The number of nitrogens with zero attached hydrogens (tertiary/aromatic N) is 4. The zero-order valence-corrected chi connectivity index (χ0v) is 20.2. The Kier molecular flexibility index (Phi) is 6.74. The van der Waals surface area contributed by atoms with Gasteiger partial charge < -0.3 is 14.4 Å². The minimum atomic E-state index is -3.69. The second-order valence-corrected chi connectivity index (χ2v) is 10.5. The van der Waals surface area contributed by atoms with Crippen LogP contribution in [0.2, 0.25) is 0 Å². The lowest BCUT2D eigenvalue weighted by Gasteiger charge is -2.34. The van der Waals surface area contributed by atoms with Crippen LogP contribution in [0, 0.1) is 0 Å². The van der Waals surface area contributed by atoms with Crippen LogP contribution in [-0.2, 0) is 21.2 Å². The number of rotatable bonds is 6. The maximum absolute atomic E-state index is 13.2. The first-order chi connectivity index (χ1) is 17.0. The molecule has 2 aliphatic rings. The Balaban J connectivity index is 1.15. The Morgan fingerprint density at radius 3 is 2.46 bits per heavy atom. The largest absolute Gasteiger partial charge is 0.490 e. The Morgan fingerprint density at radius 1 is 0.943 bits per heavy atom. The van der Waals surface area contributed by atoms with Gasteiger partial charge >= 0.3 is 0 Å². The first-order valence-corrected chi connectivity index (χ1v) is 13.2. The van der Waals surface area contributed by atoms with Crippen molar-refractivity contribution >= 4 is 15.9 Å².